The van der Waals surface area contributed by atoms with Gasteiger partial charge < -0.3 is 14.8 Å². The number of amides is 2. The monoisotopic (exact) mass is 400 g/mol. The molecule has 6 nitrogen and oxygen atoms in total. The molecule has 1 spiro atoms. The number of aryl methyl sites for hydroxylation is 2. The summed E-state index contributed by atoms with van der Waals surface area (Å²) in [6.45, 7) is 4.51. The summed E-state index contributed by atoms with van der Waals surface area (Å²) in [6, 6.07) is 0.305. The number of carbonyl (C=O) groups is 2. The van der Waals surface area contributed by atoms with Gasteiger partial charge in [0, 0.05) is 57.3 Å². The van der Waals surface area contributed by atoms with Crippen LogP contribution >= 0.6 is 0 Å². The van der Waals surface area contributed by atoms with E-state index in [0.29, 0.717) is 30.8 Å². The van der Waals surface area contributed by atoms with Crippen molar-refractivity contribution in [3.05, 3.63) is 18.2 Å². The van der Waals surface area contributed by atoms with E-state index in [9.17, 15) is 9.59 Å². The van der Waals surface area contributed by atoms with Crippen molar-refractivity contribution in [2.24, 2.45) is 11.3 Å². The molecule has 1 aliphatic heterocycles. The van der Waals surface area contributed by atoms with Crippen molar-refractivity contribution in [3.8, 4) is 0 Å². The number of piperidine rings is 1. The first kappa shape index (κ1) is 20.4. The molecule has 2 saturated carbocycles. The van der Waals surface area contributed by atoms with Gasteiger partial charge in [0.25, 0.3) is 0 Å². The van der Waals surface area contributed by atoms with Crippen molar-refractivity contribution < 1.29 is 9.59 Å². The third kappa shape index (κ3) is 4.84. The molecular formula is C23H36N4O2. The van der Waals surface area contributed by atoms with Gasteiger partial charge in [-0.25, -0.2) is 4.98 Å². The maximum Gasteiger partial charge on any atom is 0.222 e. The second-order valence-corrected chi connectivity index (χ2v) is 9.42. The van der Waals surface area contributed by atoms with E-state index in [1.807, 2.05) is 6.20 Å². The van der Waals surface area contributed by atoms with Crippen molar-refractivity contribution in [2.75, 3.05) is 13.1 Å². The average Bonchev–Trinajstić information content (AvgIpc) is 3.18. The zero-order chi connectivity index (χ0) is 20.3. The molecule has 2 amide bonds. The van der Waals surface area contributed by atoms with Gasteiger partial charge in [0.05, 0.1) is 0 Å². The summed E-state index contributed by atoms with van der Waals surface area (Å²) in [6.07, 6.45) is 15.4. The van der Waals surface area contributed by atoms with Crippen LogP contribution < -0.4 is 5.32 Å². The van der Waals surface area contributed by atoms with Crippen molar-refractivity contribution in [3.63, 3.8) is 0 Å². The van der Waals surface area contributed by atoms with Gasteiger partial charge in [-0.3, -0.25) is 9.59 Å². The molecule has 1 atom stereocenters. The molecule has 3 fully saturated rings. The minimum absolute atomic E-state index is 0.137. The maximum atomic E-state index is 12.7. The van der Waals surface area contributed by atoms with Crippen LogP contribution in [-0.2, 0) is 22.6 Å². The van der Waals surface area contributed by atoms with E-state index in [2.05, 4.69) is 26.7 Å². The number of carbonyl (C=O) groups excluding carboxylic acids is 2. The molecule has 6 heteroatoms. The quantitative estimate of drug-likeness (QED) is 0.764. The van der Waals surface area contributed by atoms with Crippen LogP contribution in [0.2, 0.25) is 0 Å². The summed E-state index contributed by atoms with van der Waals surface area (Å²) in [5, 5.41) is 3.25. The van der Waals surface area contributed by atoms with E-state index in [1.54, 1.807) is 6.20 Å². The lowest BCUT2D eigenvalue weighted by atomic mass is 9.86. The molecule has 29 heavy (non-hydrogen) atoms. The summed E-state index contributed by atoms with van der Waals surface area (Å²) in [4.78, 5) is 31.5. The number of imidazole rings is 1. The number of nitrogens with zero attached hydrogens (tertiary/aromatic N) is 3. The minimum Gasteiger partial charge on any atom is -0.353 e. The second kappa shape index (κ2) is 8.88. The second-order valence-electron chi connectivity index (χ2n) is 9.42. The molecule has 0 radical (unpaired) electrons. The lowest BCUT2D eigenvalue weighted by Crippen LogP contribution is -2.42. The largest absolute Gasteiger partial charge is 0.353 e. The van der Waals surface area contributed by atoms with Crippen LogP contribution in [0.3, 0.4) is 0 Å². The minimum atomic E-state index is 0.137. The van der Waals surface area contributed by atoms with Crippen LogP contribution in [0.5, 0.6) is 0 Å². The zero-order valence-corrected chi connectivity index (χ0v) is 17.9. The van der Waals surface area contributed by atoms with Gasteiger partial charge in [0.2, 0.25) is 11.8 Å². The fourth-order valence-electron chi connectivity index (χ4n) is 5.42. The average molecular weight is 401 g/mol. The Labute approximate surface area is 174 Å². The van der Waals surface area contributed by atoms with E-state index >= 15 is 0 Å². The maximum absolute atomic E-state index is 12.7. The summed E-state index contributed by atoms with van der Waals surface area (Å²) in [7, 11) is 0. The highest BCUT2D eigenvalue weighted by atomic mass is 16.2. The van der Waals surface area contributed by atoms with Crippen molar-refractivity contribution in [2.45, 2.75) is 90.1 Å². The van der Waals surface area contributed by atoms with Gasteiger partial charge in [-0.05, 0) is 43.4 Å². The first-order valence-corrected chi connectivity index (χ1v) is 11.7. The molecule has 1 unspecified atom stereocenters. The first-order valence-electron chi connectivity index (χ1n) is 11.7. The van der Waals surface area contributed by atoms with Crippen molar-refractivity contribution in [1.82, 2.24) is 19.8 Å². The standard InChI is InChI=1S/C23H36N4O2/c1-2-20-24-11-15-26(20)12-8-21(28)25-19-17-23(19)9-13-27(14-10-23)22(29)16-18-6-4-3-5-7-18/h11,15,18-19H,2-10,12-14,16-17H2,1H3,(H,25,28). The first-order chi connectivity index (χ1) is 14.1. The van der Waals surface area contributed by atoms with Crippen LogP contribution in [-0.4, -0.2) is 45.4 Å². The highest BCUT2D eigenvalue weighted by Gasteiger charge is 2.55. The third-order valence-corrected chi connectivity index (χ3v) is 7.52. The number of hydrogen-bond donors (Lipinski definition) is 1. The van der Waals surface area contributed by atoms with Crippen LogP contribution in [0, 0.1) is 11.3 Å². The Hall–Kier alpha value is -1.85. The molecule has 1 saturated heterocycles. The smallest absolute Gasteiger partial charge is 0.222 e. The van der Waals surface area contributed by atoms with Crippen molar-refractivity contribution in [1.29, 1.82) is 0 Å². The SMILES string of the molecule is CCc1nccn1CCC(=O)NC1CC12CCN(C(=O)CC1CCCCC1)CC2. The van der Waals surface area contributed by atoms with Crippen LogP contribution in [0.15, 0.2) is 12.4 Å². The Morgan fingerprint density at radius 1 is 1.21 bits per heavy atom. The van der Waals surface area contributed by atoms with Gasteiger partial charge in [-0.2, -0.15) is 0 Å². The molecule has 1 aromatic rings. The number of nitrogens with one attached hydrogen (secondary N) is 1. The van der Waals surface area contributed by atoms with Gasteiger partial charge in [-0.1, -0.05) is 26.2 Å². The van der Waals surface area contributed by atoms with Crippen LogP contribution in [0.1, 0.15) is 77.0 Å². The topological polar surface area (TPSA) is 67.2 Å². The Kier molecular flexibility index (Phi) is 6.26. The molecule has 4 rings (SSSR count). The van der Waals surface area contributed by atoms with E-state index < -0.39 is 0 Å². The lowest BCUT2D eigenvalue weighted by Gasteiger charge is -2.34. The normalized spacial score (nSPS) is 23.9. The predicted octanol–water partition coefficient (Wildman–Crippen LogP) is 3.30. The number of aromatic nitrogens is 2. The zero-order valence-electron chi connectivity index (χ0n) is 17.9. The molecule has 3 aliphatic rings. The number of likely N-dealkylation sites (tertiary alicyclic amines) is 1. The Bertz CT molecular complexity index is 714. The fourth-order valence-corrected chi connectivity index (χ4v) is 5.42. The van der Waals surface area contributed by atoms with Gasteiger partial charge in [0.1, 0.15) is 5.82 Å². The molecular weight excluding hydrogens is 364 g/mol. The van der Waals surface area contributed by atoms with Gasteiger partial charge in [0.15, 0.2) is 0 Å². The summed E-state index contributed by atoms with van der Waals surface area (Å²) >= 11 is 0. The predicted molar refractivity (Wildman–Crippen MR) is 112 cm³/mol. The van der Waals surface area contributed by atoms with Crippen LogP contribution in [0.25, 0.3) is 0 Å². The van der Waals surface area contributed by atoms with Crippen molar-refractivity contribution >= 4 is 11.8 Å². The Morgan fingerprint density at radius 3 is 2.69 bits per heavy atom. The number of rotatable bonds is 7. The Morgan fingerprint density at radius 2 is 1.97 bits per heavy atom. The van der Waals surface area contributed by atoms with E-state index in [1.165, 1.54) is 32.1 Å². The third-order valence-electron chi connectivity index (χ3n) is 7.52. The molecule has 2 aliphatic carbocycles. The summed E-state index contributed by atoms with van der Waals surface area (Å²) in [5.74, 6) is 2.15. The molecule has 0 aromatic carbocycles. The van der Waals surface area contributed by atoms with E-state index in [0.717, 1.165) is 51.0 Å². The summed E-state index contributed by atoms with van der Waals surface area (Å²) < 4.78 is 2.07. The summed E-state index contributed by atoms with van der Waals surface area (Å²) in [5.41, 5.74) is 0.251. The number of hydrogen-bond acceptors (Lipinski definition) is 3. The fraction of sp³-hybridized carbons (Fsp3) is 0.783. The molecule has 0 bridgehead atoms. The molecule has 160 valence electrons. The molecule has 1 aromatic heterocycles. The highest BCUT2D eigenvalue weighted by molar-refractivity contribution is 5.77. The van der Waals surface area contributed by atoms with E-state index in [-0.39, 0.29) is 11.3 Å². The molecule has 1 N–H and O–H groups in total. The Balaban J connectivity index is 1.17. The van der Waals surface area contributed by atoms with Crippen LogP contribution in [0.4, 0.5) is 0 Å². The highest BCUT2D eigenvalue weighted by Crippen LogP contribution is 2.54. The lowest BCUT2D eigenvalue weighted by molar-refractivity contribution is -0.134. The van der Waals surface area contributed by atoms with Gasteiger partial charge >= 0.3 is 0 Å². The van der Waals surface area contributed by atoms with Gasteiger partial charge in [-0.15, -0.1) is 0 Å². The molecule has 2 heterocycles. The van der Waals surface area contributed by atoms with E-state index in [4.69, 9.17) is 0 Å².